The highest BCUT2D eigenvalue weighted by Crippen LogP contribution is 2.48. The highest BCUT2D eigenvalue weighted by molar-refractivity contribution is 8.00. The first-order valence-electron chi connectivity index (χ1n) is 36.6. The van der Waals surface area contributed by atoms with Gasteiger partial charge in [-0.05, 0) is 155 Å². The Labute approximate surface area is 624 Å². The van der Waals surface area contributed by atoms with Crippen molar-refractivity contribution < 1.29 is 0 Å². The number of anilines is 3. The molecule has 0 aliphatic carbocycles. The summed E-state index contributed by atoms with van der Waals surface area (Å²) in [4.78, 5) is 5.22. The van der Waals surface area contributed by atoms with E-state index in [1.54, 1.807) is 0 Å². The van der Waals surface area contributed by atoms with Crippen molar-refractivity contribution >= 4 is 110 Å². The second kappa shape index (κ2) is 27.4. The first-order chi connectivity index (χ1) is 51.7. The number of fused-ring (bicyclic) bond motifs is 4. The maximum atomic E-state index is 2.71. The zero-order valence-electron chi connectivity index (χ0n) is 59.1. The molecule has 0 N–H and O–H groups in total. The molecule has 0 spiro atoms. The van der Waals surface area contributed by atoms with E-state index in [0.29, 0.717) is 0 Å². The molecule has 5 heteroatoms. The SMILES string of the molecule is CC(C)(C)c1cccc(-c2cc3c4c(c2)N(c2ccccc2-c2ccccc2)c2cc(-c5cc([Si](c6ccccc6)(c6ccccc6)c6cccc(-c7ccccc7)c6)cc([Si](c6ccccc6)(c6ccccc6)c6cccc(-c7ccccc7)c6)c5)ccc2B4c2cc(-c4ccccc4)ccc2S3)c1. The topological polar surface area (TPSA) is 3.24 Å². The molecule has 2 aliphatic rings. The van der Waals surface area contributed by atoms with Gasteiger partial charge in [0.1, 0.15) is 0 Å². The molecule has 2 heterocycles. The summed E-state index contributed by atoms with van der Waals surface area (Å²) in [5.41, 5.74) is 22.9. The van der Waals surface area contributed by atoms with Gasteiger partial charge in [-0.3, -0.25) is 0 Å². The lowest BCUT2D eigenvalue weighted by Gasteiger charge is -2.41. The van der Waals surface area contributed by atoms with Gasteiger partial charge in [0.2, 0.25) is 6.71 Å². The Morgan fingerprint density at radius 1 is 0.238 bits per heavy atom. The van der Waals surface area contributed by atoms with Crippen LogP contribution in [-0.4, -0.2) is 22.9 Å². The summed E-state index contributed by atoms with van der Waals surface area (Å²) < 4.78 is 0. The summed E-state index contributed by atoms with van der Waals surface area (Å²) in [6, 6.07) is 156. The number of nitrogens with zero attached hydrogens (tertiary/aromatic N) is 1. The molecule has 0 amide bonds. The highest BCUT2D eigenvalue weighted by Gasteiger charge is 2.48. The number of para-hydroxylation sites is 1. The van der Waals surface area contributed by atoms with Crippen LogP contribution in [-0.2, 0) is 5.41 Å². The minimum atomic E-state index is -3.43. The van der Waals surface area contributed by atoms with Crippen molar-refractivity contribution in [3.8, 4) is 66.8 Å². The first-order valence-corrected chi connectivity index (χ1v) is 41.5. The van der Waals surface area contributed by atoms with Crippen LogP contribution in [0.5, 0.6) is 0 Å². The standard InChI is InChI=1S/C100H76BNSSi2/c1-100(2,3)82-44-30-41-75(61-82)81-68-96-99-98(69-81)103-97-60-58-78(73-37-16-6-17-38-73)66-93(97)101(99)92-59-57-79(67-95(92)102(96)94-56-29-28-55-91(94)74-39-18-7-19-40-74)80-64-89(104(83-45-20-8-21-46-83,84-47-22-9-23-48-84)87-53-31-42-76(62-87)71-33-12-4-13-34-71)70-90(65-80)105(85-49-24-10-25-50-85,86-51-26-11-27-52-86)88-54-32-43-77(63-88)72-35-14-5-15-36-72/h4-70H,1-3H3. The van der Waals surface area contributed by atoms with Crippen molar-refractivity contribution in [3.63, 3.8) is 0 Å². The average Bonchev–Trinajstić information content (AvgIpc) is 0.707. The van der Waals surface area contributed by atoms with Crippen LogP contribution < -0.4 is 62.8 Å². The molecule has 0 aromatic heterocycles. The molecule has 498 valence electrons. The molecule has 0 bridgehead atoms. The van der Waals surface area contributed by atoms with E-state index in [1.165, 1.54) is 135 Å². The van der Waals surface area contributed by atoms with Gasteiger partial charge in [0.15, 0.2) is 16.1 Å². The van der Waals surface area contributed by atoms with Gasteiger partial charge in [-0.2, -0.15) is 0 Å². The fourth-order valence-electron chi connectivity index (χ4n) is 17.0. The fraction of sp³-hybridized carbons (Fsp3) is 0.0400. The predicted molar refractivity (Wildman–Crippen MR) is 455 cm³/mol. The largest absolute Gasteiger partial charge is 0.311 e. The third kappa shape index (κ3) is 11.7. The molecule has 0 radical (unpaired) electrons. The van der Waals surface area contributed by atoms with Gasteiger partial charge in [-0.25, -0.2) is 0 Å². The number of rotatable bonds is 15. The van der Waals surface area contributed by atoms with Crippen LogP contribution in [0.4, 0.5) is 17.1 Å². The van der Waals surface area contributed by atoms with Gasteiger partial charge >= 0.3 is 0 Å². The van der Waals surface area contributed by atoms with Gasteiger partial charge in [0, 0.05) is 26.7 Å². The summed E-state index contributed by atoms with van der Waals surface area (Å²) in [5, 5.41) is 10.5. The monoisotopic (exact) mass is 1390 g/mol. The Morgan fingerprint density at radius 2 is 0.610 bits per heavy atom. The van der Waals surface area contributed by atoms with Crippen LogP contribution in [0.3, 0.4) is 0 Å². The van der Waals surface area contributed by atoms with Crippen LogP contribution in [0.25, 0.3) is 66.8 Å². The van der Waals surface area contributed by atoms with E-state index in [-0.39, 0.29) is 12.1 Å². The maximum Gasteiger partial charge on any atom is 0.249 e. The van der Waals surface area contributed by atoms with Gasteiger partial charge in [-0.1, -0.05) is 414 Å². The molecule has 0 fully saturated rings. The Balaban J connectivity index is 0.983. The van der Waals surface area contributed by atoms with Gasteiger partial charge in [0.05, 0.1) is 5.69 Å². The van der Waals surface area contributed by atoms with E-state index in [1.807, 2.05) is 11.8 Å². The molecule has 2 aliphatic heterocycles. The average molecular weight is 1390 g/mol. The predicted octanol–water partition coefficient (Wildman–Crippen LogP) is 18.5. The Kier molecular flexibility index (Phi) is 17.0. The van der Waals surface area contributed by atoms with Crippen molar-refractivity contribution in [2.45, 2.75) is 36.0 Å². The molecule has 0 unspecified atom stereocenters. The van der Waals surface area contributed by atoms with Gasteiger partial charge < -0.3 is 4.90 Å². The van der Waals surface area contributed by atoms with E-state index in [9.17, 15) is 0 Å². The quantitative estimate of drug-likeness (QED) is 0.0743. The second-order valence-corrected chi connectivity index (χ2v) is 37.7. The van der Waals surface area contributed by atoms with E-state index in [2.05, 4.69) is 432 Å². The van der Waals surface area contributed by atoms with Crippen LogP contribution in [0.1, 0.15) is 26.3 Å². The molecule has 16 aromatic rings. The molecule has 16 aromatic carbocycles. The summed E-state index contributed by atoms with van der Waals surface area (Å²) in [7, 11) is -6.85. The van der Waals surface area contributed by atoms with Gasteiger partial charge in [0.25, 0.3) is 0 Å². The molecular formula is C100H76BNSSi2. The summed E-state index contributed by atoms with van der Waals surface area (Å²) in [6.07, 6.45) is 0. The van der Waals surface area contributed by atoms with Crippen molar-refractivity contribution in [1.29, 1.82) is 0 Å². The third-order valence-electron chi connectivity index (χ3n) is 21.9. The molecule has 105 heavy (non-hydrogen) atoms. The number of benzene rings is 16. The molecule has 0 atom stereocenters. The van der Waals surface area contributed by atoms with Crippen molar-refractivity contribution in [2.24, 2.45) is 0 Å². The van der Waals surface area contributed by atoms with E-state index in [0.717, 1.165) is 22.5 Å². The van der Waals surface area contributed by atoms with Crippen LogP contribution in [0.15, 0.2) is 416 Å². The minimum absolute atomic E-state index is 0.0476. The molecule has 0 saturated heterocycles. The lowest BCUT2D eigenvalue weighted by atomic mass is 9.34. The van der Waals surface area contributed by atoms with Crippen molar-refractivity contribution in [3.05, 3.63) is 412 Å². The molecule has 0 saturated carbocycles. The zero-order valence-corrected chi connectivity index (χ0v) is 61.9. The normalized spacial score (nSPS) is 12.4. The summed E-state index contributed by atoms with van der Waals surface area (Å²) in [5.74, 6) is 0. The molecule has 18 rings (SSSR count). The van der Waals surface area contributed by atoms with Crippen molar-refractivity contribution in [1.82, 2.24) is 0 Å². The summed E-state index contributed by atoms with van der Waals surface area (Å²) >= 11 is 1.92. The van der Waals surface area contributed by atoms with E-state index >= 15 is 0 Å². The van der Waals surface area contributed by atoms with Gasteiger partial charge in [-0.15, -0.1) is 0 Å². The molecular weight excluding hydrogens is 1310 g/mol. The lowest BCUT2D eigenvalue weighted by Crippen LogP contribution is -2.78. The number of hydrogen-bond donors (Lipinski definition) is 0. The zero-order chi connectivity index (χ0) is 70.5. The summed E-state index contributed by atoms with van der Waals surface area (Å²) in [6.45, 7) is 6.87. The fourth-order valence-corrected chi connectivity index (χ4v) is 28.0. The van der Waals surface area contributed by atoms with E-state index in [4.69, 9.17) is 0 Å². The highest BCUT2D eigenvalue weighted by atomic mass is 32.2. The molecule has 1 nitrogen and oxygen atoms in total. The second-order valence-electron chi connectivity index (χ2n) is 29.0. The Morgan fingerprint density at radius 3 is 1.10 bits per heavy atom. The van der Waals surface area contributed by atoms with Crippen molar-refractivity contribution in [2.75, 3.05) is 4.90 Å². The third-order valence-corrected chi connectivity index (χ3v) is 32.5. The first kappa shape index (κ1) is 65.2. The minimum Gasteiger partial charge on any atom is -0.311 e. The van der Waals surface area contributed by atoms with Crippen LogP contribution >= 0.6 is 11.8 Å². The maximum absolute atomic E-state index is 3.43. The number of hydrogen-bond acceptors (Lipinski definition) is 2. The Bertz CT molecular complexity index is 5580. The van der Waals surface area contributed by atoms with Crippen LogP contribution in [0.2, 0.25) is 0 Å². The Hall–Kier alpha value is -11.8. The van der Waals surface area contributed by atoms with E-state index < -0.39 is 16.1 Å². The lowest BCUT2D eigenvalue weighted by molar-refractivity contribution is 0.590. The van der Waals surface area contributed by atoms with Crippen LogP contribution in [0, 0.1) is 0 Å². The smallest absolute Gasteiger partial charge is 0.249 e.